The van der Waals surface area contributed by atoms with Crippen LogP contribution < -0.4 is 15.5 Å². The minimum atomic E-state index is -1.04. The average molecular weight is 353 g/mol. The van der Waals surface area contributed by atoms with Crippen LogP contribution in [-0.2, 0) is 9.59 Å². The maximum Gasteiger partial charge on any atom is 0.250 e. The van der Waals surface area contributed by atoms with Crippen molar-refractivity contribution in [3.8, 4) is 0 Å². The largest absolute Gasteiger partial charge is 0.373 e. The van der Waals surface area contributed by atoms with E-state index in [2.05, 4.69) is 17.6 Å². The van der Waals surface area contributed by atoms with Crippen molar-refractivity contribution in [2.24, 2.45) is 5.92 Å². The molecule has 1 aliphatic carbocycles. The van der Waals surface area contributed by atoms with Crippen LogP contribution in [0.2, 0.25) is 0 Å². The second-order valence-corrected chi connectivity index (χ2v) is 7.08. The van der Waals surface area contributed by atoms with E-state index in [-0.39, 0.29) is 17.3 Å². The van der Waals surface area contributed by atoms with Gasteiger partial charge >= 0.3 is 0 Å². The third-order valence-electron chi connectivity index (χ3n) is 4.70. The summed E-state index contributed by atoms with van der Waals surface area (Å²) in [5.41, 5.74) is -1.17. The van der Waals surface area contributed by atoms with Gasteiger partial charge in [0, 0.05) is 26.7 Å². The number of halogens is 2. The Morgan fingerprint density at radius 2 is 1.68 bits per heavy atom. The fourth-order valence-electron chi connectivity index (χ4n) is 3.32. The summed E-state index contributed by atoms with van der Waals surface area (Å²) in [7, 11) is 3.07. The number of nitrogens with one attached hydrogen (secondary N) is 2. The molecule has 0 spiro atoms. The maximum absolute atomic E-state index is 14.1. The van der Waals surface area contributed by atoms with Crippen LogP contribution in [0.3, 0.4) is 0 Å². The van der Waals surface area contributed by atoms with Crippen LogP contribution in [0.1, 0.15) is 39.5 Å². The Morgan fingerprint density at radius 1 is 1.16 bits per heavy atom. The molecule has 7 heteroatoms. The van der Waals surface area contributed by atoms with Gasteiger partial charge in [-0.2, -0.15) is 0 Å². The number of nitrogens with zero attached hydrogens (tertiary/aromatic N) is 1. The lowest BCUT2D eigenvalue weighted by atomic mass is 9.76. The molecule has 0 atom stereocenters. The highest BCUT2D eigenvalue weighted by atomic mass is 19.1. The zero-order valence-corrected chi connectivity index (χ0v) is 15.1. The molecule has 0 aliphatic heterocycles. The van der Waals surface area contributed by atoms with Gasteiger partial charge in [-0.3, -0.25) is 9.59 Å². The molecule has 138 valence electrons. The van der Waals surface area contributed by atoms with Crippen LogP contribution >= 0.6 is 0 Å². The van der Waals surface area contributed by atoms with Gasteiger partial charge in [-0.05, 0) is 43.7 Å². The van der Waals surface area contributed by atoms with Crippen LogP contribution in [0.15, 0.2) is 12.1 Å². The summed E-state index contributed by atoms with van der Waals surface area (Å²) >= 11 is 0. The fraction of sp³-hybridized carbons (Fsp3) is 0.556. The topological polar surface area (TPSA) is 61.4 Å². The van der Waals surface area contributed by atoms with Gasteiger partial charge in [0.1, 0.15) is 11.2 Å². The SMILES string of the molecule is CC(=O)NC1(C(=O)Nc2cc(F)c(N(C)C)c(F)c2)CCC(C)CC1. The molecule has 0 unspecified atom stereocenters. The van der Waals surface area contributed by atoms with E-state index in [1.807, 2.05) is 0 Å². The zero-order chi connectivity index (χ0) is 18.8. The van der Waals surface area contributed by atoms with E-state index < -0.39 is 23.1 Å². The Kier molecular flexibility index (Phi) is 5.65. The van der Waals surface area contributed by atoms with Gasteiger partial charge in [0.25, 0.3) is 0 Å². The van der Waals surface area contributed by atoms with E-state index in [4.69, 9.17) is 0 Å². The molecule has 0 saturated heterocycles. The molecule has 2 N–H and O–H groups in total. The number of rotatable bonds is 4. The van der Waals surface area contributed by atoms with E-state index in [1.165, 1.54) is 25.9 Å². The molecule has 1 aromatic carbocycles. The Bertz CT molecular complexity index is 645. The van der Waals surface area contributed by atoms with Crippen molar-refractivity contribution >= 4 is 23.2 Å². The highest BCUT2D eigenvalue weighted by Crippen LogP contribution is 2.33. The Labute approximate surface area is 146 Å². The molecule has 2 rings (SSSR count). The summed E-state index contributed by atoms with van der Waals surface area (Å²) in [5.74, 6) is -1.78. The summed E-state index contributed by atoms with van der Waals surface area (Å²) in [6, 6.07) is 2.17. The number of amides is 2. The highest BCUT2D eigenvalue weighted by Gasteiger charge is 2.41. The lowest BCUT2D eigenvalue weighted by Crippen LogP contribution is -2.58. The zero-order valence-electron chi connectivity index (χ0n) is 15.1. The highest BCUT2D eigenvalue weighted by molar-refractivity contribution is 6.00. The first kappa shape index (κ1) is 19.1. The number of hydrogen-bond acceptors (Lipinski definition) is 3. The number of anilines is 2. The fourth-order valence-corrected chi connectivity index (χ4v) is 3.32. The van der Waals surface area contributed by atoms with Crippen molar-refractivity contribution in [2.45, 2.75) is 45.1 Å². The molecule has 1 aliphatic rings. The van der Waals surface area contributed by atoms with E-state index >= 15 is 0 Å². The van der Waals surface area contributed by atoms with E-state index in [1.54, 1.807) is 0 Å². The first-order valence-corrected chi connectivity index (χ1v) is 8.41. The Hall–Kier alpha value is -2.18. The quantitative estimate of drug-likeness (QED) is 0.875. The Balaban J connectivity index is 2.25. The van der Waals surface area contributed by atoms with Gasteiger partial charge in [0.05, 0.1) is 0 Å². The first-order chi connectivity index (χ1) is 11.6. The molecule has 0 heterocycles. The van der Waals surface area contributed by atoms with Gasteiger partial charge in [0.15, 0.2) is 11.6 Å². The van der Waals surface area contributed by atoms with Gasteiger partial charge < -0.3 is 15.5 Å². The molecule has 0 bridgehead atoms. The van der Waals surface area contributed by atoms with Crippen LogP contribution in [0.5, 0.6) is 0 Å². The van der Waals surface area contributed by atoms with Crippen LogP contribution in [0.25, 0.3) is 0 Å². The average Bonchev–Trinajstić information content (AvgIpc) is 2.48. The number of hydrogen-bond donors (Lipinski definition) is 2. The monoisotopic (exact) mass is 353 g/mol. The Morgan fingerprint density at radius 3 is 2.12 bits per heavy atom. The summed E-state index contributed by atoms with van der Waals surface area (Å²) in [4.78, 5) is 25.7. The normalized spacial score (nSPS) is 23.0. The summed E-state index contributed by atoms with van der Waals surface area (Å²) in [5, 5.41) is 5.32. The molecule has 1 aromatic rings. The number of carbonyl (C=O) groups excluding carboxylic acids is 2. The minimum absolute atomic E-state index is 0.0361. The standard InChI is InChI=1S/C18H25F2N3O2/c1-11-5-7-18(8-6-11,22-12(2)24)17(25)21-13-9-14(19)16(23(3)4)15(20)10-13/h9-11H,5-8H2,1-4H3,(H,21,25)(H,22,24). The van der Waals surface area contributed by atoms with Crippen molar-refractivity contribution in [1.82, 2.24) is 5.32 Å². The second-order valence-electron chi connectivity index (χ2n) is 7.08. The van der Waals surface area contributed by atoms with Gasteiger partial charge in [0.2, 0.25) is 11.8 Å². The smallest absolute Gasteiger partial charge is 0.250 e. The van der Waals surface area contributed by atoms with E-state index in [9.17, 15) is 18.4 Å². The van der Waals surface area contributed by atoms with E-state index in [0.717, 1.165) is 25.0 Å². The summed E-state index contributed by atoms with van der Waals surface area (Å²) < 4.78 is 28.2. The van der Waals surface area contributed by atoms with Crippen molar-refractivity contribution in [2.75, 3.05) is 24.3 Å². The first-order valence-electron chi connectivity index (χ1n) is 8.41. The van der Waals surface area contributed by atoms with E-state index in [0.29, 0.717) is 18.8 Å². The van der Waals surface area contributed by atoms with Crippen LogP contribution in [0, 0.1) is 17.6 Å². The number of benzene rings is 1. The third kappa shape index (κ3) is 4.27. The molecule has 2 amide bonds. The van der Waals surface area contributed by atoms with Crippen molar-refractivity contribution in [3.63, 3.8) is 0 Å². The maximum atomic E-state index is 14.1. The van der Waals surface area contributed by atoms with Crippen molar-refractivity contribution < 1.29 is 18.4 Å². The van der Waals surface area contributed by atoms with Crippen molar-refractivity contribution in [3.05, 3.63) is 23.8 Å². The lowest BCUT2D eigenvalue weighted by molar-refractivity contribution is -0.131. The summed E-state index contributed by atoms with van der Waals surface area (Å²) in [6.07, 6.45) is 2.60. The molecule has 5 nitrogen and oxygen atoms in total. The molecule has 1 saturated carbocycles. The molecule has 0 radical (unpaired) electrons. The summed E-state index contributed by atoms with van der Waals surface area (Å²) in [6.45, 7) is 3.46. The number of carbonyl (C=O) groups is 2. The van der Waals surface area contributed by atoms with Gasteiger partial charge in [-0.1, -0.05) is 6.92 Å². The van der Waals surface area contributed by atoms with Crippen molar-refractivity contribution in [1.29, 1.82) is 0 Å². The second kappa shape index (κ2) is 7.37. The molecular formula is C18H25F2N3O2. The lowest BCUT2D eigenvalue weighted by Gasteiger charge is -2.38. The van der Waals surface area contributed by atoms with Gasteiger partial charge in [-0.15, -0.1) is 0 Å². The third-order valence-corrected chi connectivity index (χ3v) is 4.70. The molecule has 1 fully saturated rings. The van der Waals surface area contributed by atoms with Gasteiger partial charge in [-0.25, -0.2) is 8.78 Å². The minimum Gasteiger partial charge on any atom is -0.373 e. The predicted octanol–water partition coefficient (Wildman–Crippen LogP) is 3.05. The molecule has 25 heavy (non-hydrogen) atoms. The molecule has 0 aromatic heterocycles. The van der Waals surface area contributed by atoms with Crippen LogP contribution in [-0.4, -0.2) is 31.4 Å². The molecular weight excluding hydrogens is 328 g/mol. The predicted molar refractivity (Wildman–Crippen MR) is 93.5 cm³/mol. The van der Waals surface area contributed by atoms with Crippen LogP contribution in [0.4, 0.5) is 20.2 Å².